The van der Waals surface area contributed by atoms with Crippen molar-refractivity contribution in [2.24, 2.45) is 0 Å². The molecular formula is C12H26N2O2. The highest BCUT2D eigenvalue weighted by atomic mass is 16.5. The number of nitrogens with zero attached hydrogens (tertiary/aromatic N) is 1. The topological polar surface area (TPSA) is 44.7 Å². The standard InChI is InChI=1S/C12H26N2O2/c1-2-6-14-7-3-12(4-8-14)13-5-10-16-11-9-15/h12-13,15H,2-11H2,1H3. The predicted molar refractivity (Wildman–Crippen MR) is 65.7 cm³/mol. The fourth-order valence-corrected chi connectivity index (χ4v) is 2.18. The molecule has 0 saturated carbocycles. The molecule has 1 heterocycles. The summed E-state index contributed by atoms with van der Waals surface area (Å²) in [6.45, 7) is 8.11. The first-order valence-corrected chi connectivity index (χ1v) is 6.51. The average Bonchev–Trinajstić information content (AvgIpc) is 2.31. The van der Waals surface area contributed by atoms with Crippen LogP contribution in [0.15, 0.2) is 0 Å². The van der Waals surface area contributed by atoms with E-state index in [4.69, 9.17) is 9.84 Å². The molecule has 4 nitrogen and oxygen atoms in total. The van der Waals surface area contributed by atoms with Crippen LogP contribution >= 0.6 is 0 Å². The Morgan fingerprint density at radius 1 is 1.31 bits per heavy atom. The van der Waals surface area contributed by atoms with Crippen molar-refractivity contribution in [3.8, 4) is 0 Å². The molecule has 0 unspecified atom stereocenters. The lowest BCUT2D eigenvalue weighted by Gasteiger charge is -2.32. The van der Waals surface area contributed by atoms with E-state index in [2.05, 4.69) is 17.1 Å². The molecular weight excluding hydrogens is 204 g/mol. The molecule has 0 bridgehead atoms. The van der Waals surface area contributed by atoms with E-state index in [0.717, 1.165) is 6.54 Å². The monoisotopic (exact) mass is 230 g/mol. The Hall–Kier alpha value is -0.160. The van der Waals surface area contributed by atoms with Gasteiger partial charge in [-0.1, -0.05) is 6.92 Å². The highest BCUT2D eigenvalue weighted by molar-refractivity contribution is 4.76. The molecule has 1 fully saturated rings. The number of aliphatic hydroxyl groups excluding tert-OH is 1. The molecule has 0 aromatic rings. The van der Waals surface area contributed by atoms with Crippen LogP contribution in [0, 0.1) is 0 Å². The second kappa shape index (κ2) is 8.93. The number of likely N-dealkylation sites (tertiary alicyclic amines) is 1. The smallest absolute Gasteiger partial charge is 0.0698 e. The Kier molecular flexibility index (Phi) is 7.76. The van der Waals surface area contributed by atoms with Crippen LogP contribution in [0.25, 0.3) is 0 Å². The Morgan fingerprint density at radius 2 is 2.06 bits per heavy atom. The molecule has 1 rings (SSSR count). The van der Waals surface area contributed by atoms with Crippen LogP contribution in [0.4, 0.5) is 0 Å². The molecule has 0 spiro atoms. The zero-order valence-corrected chi connectivity index (χ0v) is 10.5. The second-order valence-electron chi connectivity index (χ2n) is 4.41. The van der Waals surface area contributed by atoms with Crippen LogP contribution in [-0.4, -0.2) is 62.0 Å². The Morgan fingerprint density at radius 3 is 2.69 bits per heavy atom. The number of aliphatic hydroxyl groups is 1. The molecule has 0 aromatic heterocycles. The van der Waals surface area contributed by atoms with Gasteiger partial charge in [0.15, 0.2) is 0 Å². The minimum Gasteiger partial charge on any atom is -0.394 e. The molecule has 96 valence electrons. The first kappa shape index (κ1) is 13.9. The van der Waals surface area contributed by atoms with Gasteiger partial charge in [-0.3, -0.25) is 0 Å². The summed E-state index contributed by atoms with van der Waals surface area (Å²) in [6, 6.07) is 0.658. The summed E-state index contributed by atoms with van der Waals surface area (Å²) >= 11 is 0. The van der Waals surface area contributed by atoms with Gasteiger partial charge in [0.05, 0.1) is 19.8 Å². The fourth-order valence-electron chi connectivity index (χ4n) is 2.18. The van der Waals surface area contributed by atoms with E-state index in [9.17, 15) is 0 Å². The lowest BCUT2D eigenvalue weighted by Crippen LogP contribution is -2.43. The van der Waals surface area contributed by atoms with Crippen LogP contribution < -0.4 is 5.32 Å². The molecule has 0 radical (unpaired) electrons. The molecule has 0 aromatic carbocycles. The van der Waals surface area contributed by atoms with E-state index in [0.29, 0.717) is 19.3 Å². The average molecular weight is 230 g/mol. The first-order valence-electron chi connectivity index (χ1n) is 6.51. The molecule has 4 heteroatoms. The largest absolute Gasteiger partial charge is 0.394 e. The molecule has 0 aliphatic carbocycles. The maximum Gasteiger partial charge on any atom is 0.0698 e. The molecule has 2 N–H and O–H groups in total. The summed E-state index contributed by atoms with van der Waals surface area (Å²) in [5.74, 6) is 0. The van der Waals surface area contributed by atoms with Gasteiger partial charge < -0.3 is 20.1 Å². The predicted octanol–water partition coefficient (Wildman–Crippen LogP) is 0.459. The quantitative estimate of drug-likeness (QED) is 0.595. The third-order valence-corrected chi connectivity index (χ3v) is 3.04. The number of rotatable bonds is 8. The third-order valence-electron chi connectivity index (χ3n) is 3.04. The van der Waals surface area contributed by atoms with E-state index in [1.54, 1.807) is 0 Å². The maximum absolute atomic E-state index is 8.54. The summed E-state index contributed by atoms with van der Waals surface area (Å²) < 4.78 is 5.21. The Labute approximate surface area is 99.0 Å². The van der Waals surface area contributed by atoms with Crippen molar-refractivity contribution >= 4 is 0 Å². The van der Waals surface area contributed by atoms with Gasteiger partial charge in [-0.2, -0.15) is 0 Å². The van der Waals surface area contributed by atoms with Crippen LogP contribution in [-0.2, 0) is 4.74 Å². The van der Waals surface area contributed by atoms with E-state index in [1.165, 1.54) is 38.9 Å². The van der Waals surface area contributed by atoms with Crippen molar-refractivity contribution in [3.63, 3.8) is 0 Å². The van der Waals surface area contributed by atoms with Gasteiger partial charge >= 0.3 is 0 Å². The summed E-state index contributed by atoms with van der Waals surface area (Å²) in [5.41, 5.74) is 0. The lowest BCUT2D eigenvalue weighted by atomic mass is 10.1. The first-order chi connectivity index (χ1) is 7.86. The lowest BCUT2D eigenvalue weighted by molar-refractivity contribution is 0.0903. The highest BCUT2D eigenvalue weighted by Crippen LogP contribution is 2.10. The zero-order valence-electron chi connectivity index (χ0n) is 10.5. The SMILES string of the molecule is CCCN1CCC(NCCOCCO)CC1. The highest BCUT2D eigenvalue weighted by Gasteiger charge is 2.17. The minimum absolute atomic E-state index is 0.120. The number of nitrogens with one attached hydrogen (secondary N) is 1. The summed E-state index contributed by atoms with van der Waals surface area (Å²) in [7, 11) is 0. The number of piperidine rings is 1. The van der Waals surface area contributed by atoms with Gasteiger partial charge in [0.25, 0.3) is 0 Å². The minimum atomic E-state index is 0.120. The van der Waals surface area contributed by atoms with Crippen LogP contribution in [0.2, 0.25) is 0 Å². The van der Waals surface area contributed by atoms with E-state index in [-0.39, 0.29) is 6.61 Å². The van der Waals surface area contributed by atoms with Gasteiger partial charge in [-0.25, -0.2) is 0 Å². The Balaban J connectivity index is 1.95. The van der Waals surface area contributed by atoms with Crippen LogP contribution in [0.1, 0.15) is 26.2 Å². The van der Waals surface area contributed by atoms with E-state index in [1.807, 2.05) is 0 Å². The number of hydrogen-bond donors (Lipinski definition) is 2. The number of ether oxygens (including phenoxy) is 1. The molecule has 1 aliphatic heterocycles. The summed E-state index contributed by atoms with van der Waals surface area (Å²) in [6.07, 6.45) is 3.76. The fraction of sp³-hybridized carbons (Fsp3) is 1.00. The third kappa shape index (κ3) is 5.80. The van der Waals surface area contributed by atoms with Gasteiger partial charge in [0, 0.05) is 12.6 Å². The van der Waals surface area contributed by atoms with Crippen molar-refractivity contribution in [3.05, 3.63) is 0 Å². The normalized spacial score (nSPS) is 19.1. The molecule has 0 atom stereocenters. The van der Waals surface area contributed by atoms with E-state index >= 15 is 0 Å². The molecule has 1 saturated heterocycles. The molecule has 0 amide bonds. The maximum atomic E-state index is 8.54. The second-order valence-corrected chi connectivity index (χ2v) is 4.41. The molecule has 16 heavy (non-hydrogen) atoms. The number of hydrogen-bond acceptors (Lipinski definition) is 4. The summed E-state index contributed by atoms with van der Waals surface area (Å²) in [5, 5.41) is 12.1. The van der Waals surface area contributed by atoms with Crippen molar-refractivity contribution < 1.29 is 9.84 Å². The van der Waals surface area contributed by atoms with Crippen molar-refractivity contribution in [2.45, 2.75) is 32.2 Å². The van der Waals surface area contributed by atoms with Gasteiger partial charge in [-0.15, -0.1) is 0 Å². The van der Waals surface area contributed by atoms with Gasteiger partial charge in [0.2, 0.25) is 0 Å². The zero-order chi connectivity index (χ0) is 11.6. The van der Waals surface area contributed by atoms with Crippen LogP contribution in [0.5, 0.6) is 0 Å². The summed E-state index contributed by atoms with van der Waals surface area (Å²) in [4.78, 5) is 2.54. The van der Waals surface area contributed by atoms with Gasteiger partial charge in [-0.05, 0) is 38.9 Å². The van der Waals surface area contributed by atoms with Crippen molar-refractivity contribution in [1.82, 2.24) is 10.2 Å². The van der Waals surface area contributed by atoms with Crippen molar-refractivity contribution in [2.75, 3.05) is 46.0 Å². The Bertz CT molecular complexity index is 159. The van der Waals surface area contributed by atoms with Crippen LogP contribution in [0.3, 0.4) is 0 Å². The van der Waals surface area contributed by atoms with Crippen molar-refractivity contribution in [1.29, 1.82) is 0 Å². The molecule has 1 aliphatic rings. The van der Waals surface area contributed by atoms with E-state index < -0.39 is 0 Å². The van der Waals surface area contributed by atoms with Gasteiger partial charge in [0.1, 0.15) is 0 Å².